The Labute approximate surface area is 102 Å². The molecular formula is C14H24Si2. The smallest absolute Gasteiger partial charge is 0.0656 e. The molecule has 2 heteroatoms. The Kier molecular flexibility index (Phi) is 3.97. The van der Waals surface area contributed by atoms with E-state index in [1.807, 2.05) is 0 Å². The Balaban J connectivity index is 3.11. The van der Waals surface area contributed by atoms with Gasteiger partial charge in [-0.25, -0.2) is 0 Å². The van der Waals surface area contributed by atoms with E-state index in [0.717, 1.165) is 0 Å². The van der Waals surface area contributed by atoms with Crippen molar-refractivity contribution in [2.75, 3.05) is 0 Å². The van der Waals surface area contributed by atoms with Gasteiger partial charge in [-0.1, -0.05) is 86.1 Å². The van der Waals surface area contributed by atoms with Crippen LogP contribution in [-0.4, -0.2) is 16.1 Å². The molecule has 0 saturated heterocycles. The van der Waals surface area contributed by atoms with Gasteiger partial charge in [-0.3, -0.25) is 0 Å². The van der Waals surface area contributed by atoms with E-state index in [-0.39, 0.29) is 0 Å². The molecule has 0 aromatic carbocycles. The first-order valence-electron chi connectivity index (χ1n) is 5.99. The lowest BCUT2D eigenvalue weighted by atomic mass is 10.3. The van der Waals surface area contributed by atoms with E-state index in [1.54, 1.807) is 0 Å². The first-order valence-corrected chi connectivity index (χ1v) is 13.0. The van der Waals surface area contributed by atoms with Crippen LogP contribution in [0.5, 0.6) is 0 Å². The summed E-state index contributed by atoms with van der Waals surface area (Å²) in [6.07, 6.45) is 13.6. The third-order valence-corrected chi connectivity index (χ3v) is 6.97. The average molecular weight is 249 g/mol. The van der Waals surface area contributed by atoms with Crippen molar-refractivity contribution in [3.8, 4) is 0 Å². The van der Waals surface area contributed by atoms with Gasteiger partial charge in [-0.05, 0) is 0 Å². The standard InChI is InChI=1S/C14H24Si2/c1-15(2,3)13-9-7-8-10-14(12-11-13)16(4,5)6/h7-12H,1-6H3/b8-7?,9-7-,10-8?,12-11?,13-9?,13-11+,14-10?,14-12?. The summed E-state index contributed by atoms with van der Waals surface area (Å²) >= 11 is 0. The van der Waals surface area contributed by atoms with Gasteiger partial charge in [0.15, 0.2) is 0 Å². The van der Waals surface area contributed by atoms with Crippen LogP contribution in [0.1, 0.15) is 0 Å². The average Bonchev–Trinajstić information content (AvgIpc) is 1.96. The summed E-state index contributed by atoms with van der Waals surface area (Å²) in [7, 11) is -2.38. The molecule has 0 bridgehead atoms. The topological polar surface area (TPSA) is 0 Å². The molecule has 0 spiro atoms. The van der Waals surface area contributed by atoms with Crippen LogP contribution >= 0.6 is 0 Å². The molecule has 0 nitrogen and oxygen atoms in total. The number of hydrogen-bond acceptors (Lipinski definition) is 0. The molecule has 1 rings (SSSR count). The first kappa shape index (κ1) is 13.5. The lowest BCUT2D eigenvalue weighted by Gasteiger charge is -2.21. The molecule has 0 aromatic heterocycles. The molecule has 0 heterocycles. The second-order valence-electron chi connectivity index (χ2n) is 6.46. The van der Waals surface area contributed by atoms with Crippen LogP contribution in [0.2, 0.25) is 39.3 Å². The van der Waals surface area contributed by atoms with Gasteiger partial charge >= 0.3 is 0 Å². The molecule has 1 aliphatic rings. The molecule has 88 valence electrons. The largest absolute Gasteiger partial charge is 0.0775 e. The fourth-order valence-corrected chi connectivity index (χ4v) is 3.97. The maximum atomic E-state index is 2.40. The Bertz CT molecular complexity index is 331. The number of rotatable bonds is 2. The normalized spacial score (nSPS) is 22.9. The van der Waals surface area contributed by atoms with Crippen LogP contribution in [-0.2, 0) is 0 Å². The van der Waals surface area contributed by atoms with E-state index in [9.17, 15) is 0 Å². The van der Waals surface area contributed by atoms with Gasteiger partial charge in [0.2, 0.25) is 0 Å². The molecule has 0 fully saturated rings. The highest BCUT2D eigenvalue weighted by Gasteiger charge is 2.19. The van der Waals surface area contributed by atoms with Crippen LogP contribution in [0.3, 0.4) is 0 Å². The Morgan fingerprint density at radius 2 is 0.938 bits per heavy atom. The van der Waals surface area contributed by atoms with Crippen LogP contribution < -0.4 is 0 Å². The first-order chi connectivity index (χ1) is 7.21. The molecule has 0 radical (unpaired) electrons. The predicted molar refractivity (Wildman–Crippen MR) is 81.1 cm³/mol. The molecule has 0 amide bonds. The van der Waals surface area contributed by atoms with Gasteiger partial charge in [-0.2, -0.15) is 0 Å². The van der Waals surface area contributed by atoms with Crippen molar-refractivity contribution in [1.29, 1.82) is 0 Å². The van der Waals surface area contributed by atoms with Gasteiger partial charge in [0.1, 0.15) is 0 Å². The second-order valence-corrected chi connectivity index (χ2v) is 16.6. The van der Waals surface area contributed by atoms with Crippen LogP contribution in [0.4, 0.5) is 0 Å². The van der Waals surface area contributed by atoms with E-state index in [1.165, 1.54) is 10.4 Å². The predicted octanol–water partition coefficient (Wildman–Crippen LogP) is 4.72. The van der Waals surface area contributed by atoms with E-state index in [2.05, 4.69) is 75.7 Å². The second kappa shape index (κ2) is 4.72. The molecular weight excluding hydrogens is 224 g/mol. The summed E-state index contributed by atoms with van der Waals surface area (Å²) in [5.41, 5.74) is 0. The molecule has 0 aliphatic heterocycles. The van der Waals surface area contributed by atoms with E-state index < -0.39 is 16.1 Å². The molecule has 1 aliphatic carbocycles. The van der Waals surface area contributed by atoms with Crippen molar-refractivity contribution in [3.63, 3.8) is 0 Å². The van der Waals surface area contributed by atoms with Gasteiger partial charge in [0.05, 0.1) is 16.1 Å². The minimum atomic E-state index is -1.19. The SMILES string of the molecule is C[Si](C)(C)C1=C/C=C([Si](C)(C)C)\C=C/C=C1. The summed E-state index contributed by atoms with van der Waals surface area (Å²) in [6.45, 7) is 14.4. The van der Waals surface area contributed by atoms with Crippen molar-refractivity contribution in [2.24, 2.45) is 0 Å². The molecule has 0 N–H and O–H groups in total. The van der Waals surface area contributed by atoms with Gasteiger partial charge in [0.25, 0.3) is 0 Å². The third kappa shape index (κ3) is 3.76. The maximum absolute atomic E-state index is 2.40. The highest BCUT2D eigenvalue weighted by atomic mass is 28.3. The minimum Gasteiger partial charge on any atom is -0.0656 e. The number of allylic oxidation sites excluding steroid dienone is 8. The van der Waals surface area contributed by atoms with Crippen molar-refractivity contribution in [1.82, 2.24) is 0 Å². The minimum absolute atomic E-state index is 1.19. The van der Waals surface area contributed by atoms with E-state index in [0.29, 0.717) is 0 Å². The zero-order valence-electron chi connectivity index (χ0n) is 11.5. The fourth-order valence-electron chi connectivity index (χ4n) is 1.61. The maximum Gasteiger partial charge on any atom is 0.0775 e. The Morgan fingerprint density at radius 3 is 1.19 bits per heavy atom. The Hall–Kier alpha value is -0.606. The fraction of sp³-hybridized carbons (Fsp3) is 0.429. The molecule has 16 heavy (non-hydrogen) atoms. The van der Waals surface area contributed by atoms with Gasteiger partial charge < -0.3 is 0 Å². The summed E-state index contributed by atoms with van der Waals surface area (Å²) in [5.74, 6) is 0. The summed E-state index contributed by atoms with van der Waals surface area (Å²) in [5, 5.41) is 3.07. The van der Waals surface area contributed by atoms with E-state index in [4.69, 9.17) is 0 Å². The van der Waals surface area contributed by atoms with Crippen LogP contribution in [0.15, 0.2) is 46.8 Å². The van der Waals surface area contributed by atoms with Crippen LogP contribution in [0, 0.1) is 0 Å². The zero-order valence-corrected chi connectivity index (χ0v) is 13.5. The highest BCUT2D eigenvalue weighted by Crippen LogP contribution is 2.21. The van der Waals surface area contributed by atoms with Crippen molar-refractivity contribution in [3.05, 3.63) is 46.8 Å². The van der Waals surface area contributed by atoms with Gasteiger partial charge in [0, 0.05) is 0 Å². The van der Waals surface area contributed by atoms with Crippen molar-refractivity contribution < 1.29 is 0 Å². The third-order valence-electron chi connectivity index (χ3n) is 2.84. The molecule has 0 unspecified atom stereocenters. The summed E-state index contributed by atoms with van der Waals surface area (Å²) in [4.78, 5) is 0. The number of hydrogen-bond donors (Lipinski definition) is 0. The van der Waals surface area contributed by atoms with Crippen molar-refractivity contribution in [2.45, 2.75) is 39.3 Å². The highest BCUT2D eigenvalue weighted by molar-refractivity contribution is 6.84. The zero-order chi connectivity index (χ0) is 12.4. The quantitative estimate of drug-likeness (QED) is 0.620. The molecule has 0 saturated carbocycles. The van der Waals surface area contributed by atoms with Crippen molar-refractivity contribution >= 4 is 16.1 Å². The summed E-state index contributed by atoms with van der Waals surface area (Å²) < 4.78 is 0. The van der Waals surface area contributed by atoms with Gasteiger partial charge in [-0.15, -0.1) is 0 Å². The lowest BCUT2D eigenvalue weighted by Crippen LogP contribution is -2.24. The monoisotopic (exact) mass is 248 g/mol. The molecule has 0 atom stereocenters. The lowest BCUT2D eigenvalue weighted by molar-refractivity contribution is 1.58. The summed E-state index contributed by atoms with van der Waals surface area (Å²) in [6, 6.07) is 0. The Morgan fingerprint density at radius 1 is 0.625 bits per heavy atom. The van der Waals surface area contributed by atoms with Crippen LogP contribution in [0.25, 0.3) is 0 Å². The van der Waals surface area contributed by atoms with E-state index >= 15 is 0 Å². The molecule has 0 aromatic rings.